The minimum absolute atomic E-state index is 0.138. The van der Waals surface area contributed by atoms with Crippen molar-refractivity contribution in [3.05, 3.63) is 11.8 Å². The first-order chi connectivity index (χ1) is 7.80. The van der Waals surface area contributed by atoms with Gasteiger partial charge in [0.2, 0.25) is 11.8 Å². The van der Waals surface area contributed by atoms with Gasteiger partial charge in [0.05, 0.1) is 13.5 Å². The fourth-order valence-electron chi connectivity index (χ4n) is 1.33. The van der Waals surface area contributed by atoms with Crippen molar-refractivity contribution < 1.29 is 17.9 Å². The summed E-state index contributed by atoms with van der Waals surface area (Å²) in [4.78, 5) is 7.89. The van der Waals surface area contributed by atoms with Crippen molar-refractivity contribution in [3.8, 4) is 5.88 Å². The van der Waals surface area contributed by atoms with Crippen LogP contribution in [0.1, 0.15) is 19.0 Å². The normalized spacial score (nSPS) is 13.3. The molecule has 1 unspecified atom stereocenters. The third-order valence-electron chi connectivity index (χ3n) is 1.95. The van der Waals surface area contributed by atoms with E-state index in [-0.39, 0.29) is 5.95 Å². The number of rotatable bonds is 4. The Hall–Kier alpha value is -1.53. The Kier molecular flexibility index (Phi) is 4.14. The molecule has 17 heavy (non-hydrogen) atoms. The predicted octanol–water partition coefficient (Wildman–Crippen LogP) is 2.55. The molecular weight excluding hydrogens is 235 g/mol. The highest BCUT2D eigenvalue weighted by atomic mass is 19.4. The van der Waals surface area contributed by atoms with Crippen molar-refractivity contribution in [1.82, 2.24) is 9.97 Å². The molecule has 1 heterocycles. The van der Waals surface area contributed by atoms with Gasteiger partial charge in [-0.2, -0.15) is 18.2 Å². The first-order valence-electron chi connectivity index (χ1n) is 5.03. The lowest BCUT2D eigenvalue weighted by Gasteiger charge is -2.16. The molecule has 0 saturated heterocycles. The maximum atomic E-state index is 12.1. The van der Waals surface area contributed by atoms with Crippen LogP contribution in [0.15, 0.2) is 6.07 Å². The van der Waals surface area contributed by atoms with E-state index >= 15 is 0 Å². The van der Waals surface area contributed by atoms with Gasteiger partial charge in [-0.15, -0.1) is 0 Å². The zero-order chi connectivity index (χ0) is 13.1. The molecule has 1 aromatic heterocycles. The maximum absolute atomic E-state index is 12.1. The summed E-state index contributed by atoms with van der Waals surface area (Å²) in [7, 11) is 1.44. The Morgan fingerprint density at radius 1 is 1.41 bits per heavy atom. The average Bonchev–Trinajstić information content (AvgIpc) is 2.13. The van der Waals surface area contributed by atoms with Gasteiger partial charge in [-0.1, -0.05) is 0 Å². The number of ether oxygens (including phenoxy) is 1. The highest BCUT2D eigenvalue weighted by molar-refractivity contribution is 5.31. The Morgan fingerprint density at radius 2 is 2.06 bits per heavy atom. The lowest BCUT2D eigenvalue weighted by atomic mass is 10.2. The van der Waals surface area contributed by atoms with Crippen LogP contribution >= 0.6 is 0 Å². The topological polar surface area (TPSA) is 47.0 Å². The molecular formula is C10H14F3N3O. The highest BCUT2D eigenvalue weighted by Gasteiger charge is 2.30. The van der Waals surface area contributed by atoms with Crippen LogP contribution in [0.25, 0.3) is 0 Å². The van der Waals surface area contributed by atoms with E-state index < -0.39 is 18.6 Å². The first kappa shape index (κ1) is 13.5. The summed E-state index contributed by atoms with van der Waals surface area (Å²) < 4.78 is 41.3. The van der Waals surface area contributed by atoms with Crippen LogP contribution in [0.2, 0.25) is 0 Å². The van der Waals surface area contributed by atoms with E-state index in [1.54, 1.807) is 13.0 Å². The third-order valence-corrected chi connectivity index (χ3v) is 1.95. The number of nitrogens with zero attached hydrogens (tertiary/aromatic N) is 2. The standard InChI is InChI=1S/C10H14F3N3O/c1-6-4-8(17-3)16-9(14-6)15-7(2)5-10(11,12)13/h4,7H,5H2,1-3H3,(H,14,15,16). The van der Waals surface area contributed by atoms with Gasteiger partial charge in [0, 0.05) is 17.8 Å². The van der Waals surface area contributed by atoms with Crippen LogP contribution in [0.4, 0.5) is 19.1 Å². The molecule has 0 aliphatic heterocycles. The number of aryl methyl sites for hydroxylation is 1. The minimum atomic E-state index is -4.21. The predicted molar refractivity (Wildman–Crippen MR) is 57.1 cm³/mol. The number of methoxy groups -OCH3 is 1. The number of hydrogen-bond donors (Lipinski definition) is 1. The number of halogens is 3. The summed E-state index contributed by atoms with van der Waals surface area (Å²) in [5.74, 6) is 0.456. The first-order valence-corrected chi connectivity index (χ1v) is 5.03. The maximum Gasteiger partial charge on any atom is 0.391 e. The molecule has 0 spiro atoms. The second-order valence-corrected chi connectivity index (χ2v) is 3.74. The van der Waals surface area contributed by atoms with Gasteiger partial charge >= 0.3 is 6.18 Å². The molecule has 1 atom stereocenters. The van der Waals surface area contributed by atoms with Crippen LogP contribution in [0.5, 0.6) is 5.88 Å². The molecule has 0 radical (unpaired) electrons. The van der Waals surface area contributed by atoms with Crippen LogP contribution in [-0.4, -0.2) is 29.3 Å². The van der Waals surface area contributed by atoms with Crippen molar-refractivity contribution in [3.63, 3.8) is 0 Å². The molecule has 1 N–H and O–H groups in total. The molecule has 0 bridgehead atoms. The second kappa shape index (κ2) is 5.20. The quantitative estimate of drug-likeness (QED) is 0.890. The van der Waals surface area contributed by atoms with Gasteiger partial charge in [-0.05, 0) is 13.8 Å². The Balaban J connectivity index is 2.71. The van der Waals surface area contributed by atoms with E-state index in [0.29, 0.717) is 11.6 Å². The lowest BCUT2D eigenvalue weighted by Crippen LogP contribution is -2.25. The van der Waals surface area contributed by atoms with Gasteiger partial charge in [-0.3, -0.25) is 0 Å². The Labute approximate surface area is 97.2 Å². The second-order valence-electron chi connectivity index (χ2n) is 3.74. The van der Waals surface area contributed by atoms with Crippen molar-refractivity contribution >= 4 is 5.95 Å². The molecule has 0 fully saturated rings. The number of nitrogens with one attached hydrogen (secondary N) is 1. The largest absolute Gasteiger partial charge is 0.481 e. The monoisotopic (exact) mass is 249 g/mol. The van der Waals surface area contributed by atoms with E-state index in [2.05, 4.69) is 15.3 Å². The summed E-state index contributed by atoms with van der Waals surface area (Å²) in [6.45, 7) is 3.13. The molecule has 0 amide bonds. The fourth-order valence-corrected chi connectivity index (χ4v) is 1.33. The smallest absolute Gasteiger partial charge is 0.391 e. The molecule has 7 heteroatoms. The fraction of sp³-hybridized carbons (Fsp3) is 0.600. The lowest BCUT2D eigenvalue weighted by molar-refractivity contribution is -0.136. The molecule has 1 aromatic rings. The van der Waals surface area contributed by atoms with Crippen molar-refractivity contribution in [2.45, 2.75) is 32.5 Å². The van der Waals surface area contributed by atoms with E-state index in [1.807, 2.05) is 0 Å². The highest BCUT2D eigenvalue weighted by Crippen LogP contribution is 2.23. The summed E-state index contributed by atoms with van der Waals surface area (Å²) in [5.41, 5.74) is 0.624. The van der Waals surface area contributed by atoms with E-state index in [0.717, 1.165) is 0 Å². The summed E-state index contributed by atoms with van der Waals surface area (Å²) in [6, 6.07) is 0.807. The zero-order valence-corrected chi connectivity index (χ0v) is 9.80. The van der Waals surface area contributed by atoms with Crippen LogP contribution in [-0.2, 0) is 0 Å². The van der Waals surface area contributed by atoms with E-state index in [9.17, 15) is 13.2 Å². The van der Waals surface area contributed by atoms with E-state index in [1.165, 1.54) is 14.0 Å². The molecule has 1 rings (SSSR count). The molecule has 0 aliphatic rings. The molecule has 0 aromatic carbocycles. The Bertz CT molecular complexity index is 382. The average molecular weight is 249 g/mol. The number of alkyl halides is 3. The van der Waals surface area contributed by atoms with Crippen LogP contribution < -0.4 is 10.1 Å². The van der Waals surface area contributed by atoms with Gasteiger partial charge in [0.15, 0.2) is 0 Å². The summed E-state index contributed by atoms with van der Waals surface area (Å²) in [5, 5.41) is 2.59. The van der Waals surface area contributed by atoms with Gasteiger partial charge in [0.1, 0.15) is 0 Å². The molecule has 0 saturated carbocycles. The van der Waals surface area contributed by atoms with E-state index in [4.69, 9.17) is 4.74 Å². The van der Waals surface area contributed by atoms with Crippen molar-refractivity contribution in [2.24, 2.45) is 0 Å². The molecule has 0 aliphatic carbocycles. The minimum Gasteiger partial charge on any atom is -0.481 e. The van der Waals surface area contributed by atoms with Crippen LogP contribution in [0, 0.1) is 6.92 Å². The van der Waals surface area contributed by atoms with Gasteiger partial charge in [0.25, 0.3) is 0 Å². The molecule has 4 nitrogen and oxygen atoms in total. The SMILES string of the molecule is COc1cc(C)nc(NC(C)CC(F)(F)F)n1. The molecule has 96 valence electrons. The van der Waals surface area contributed by atoms with Gasteiger partial charge in [-0.25, -0.2) is 4.98 Å². The number of hydrogen-bond acceptors (Lipinski definition) is 4. The number of anilines is 1. The number of aromatic nitrogens is 2. The van der Waals surface area contributed by atoms with Gasteiger partial charge < -0.3 is 10.1 Å². The van der Waals surface area contributed by atoms with Crippen molar-refractivity contribution in [2.75, 3.05) is 12.4 Å². The Morgan fingerprint density at radius 3 is 2.59 bits per heavy atom. The van der Waals surface area contributed by atoms with Crippen molar-refractivity contribution in [1.29, 1.82) is 0 Å². The third kappa shape index (κ3) is 4.88. The zero-order valence-electron chi connectivity index (χ0n) is 9.80. The summed E-state index contributed by atoms with van der Waals surface area (Å²) in [6.07, 6.45) is -5.15. The summed E-state index contributed by atoms with van der Waals surface area (Å²) >= 11 is 0. The van der Waals surface area contributed by atoms with Crippen LogP contribution in [0.3, 0.4) is 0 Å².